The van der Waals surface area contributed by atoms with Crippen LogP contribution in [0.3, 0.4) is 0 Å². The molecule has 1 aliphatic rings. The molecule has 0 radical (unpaired) electrons. The normalized spacial score (nSPS) is 14.8. The van der Waals surface area contributed by atoms with E-state index in [1.54, 1.807) is 0 Å². The van der Waals surface area contributed by atoms with Crippen molar-refractivity contribution in [2.75, 3.05) is 25.5 Å². The highest BCUT2D eigenvalue weighted by Crippen LogP contribution is 2.09. The van der Waals surface area contributed by atoms with E-state index in [0.29, 0.717) is 0 Å². The minimum Gasteiger partial charge on any atom is -0.388 e. The van der Waals surface area contributed by atoms with E-state index in [1.807, 2.05) is 7.05 Å². The van der Waals surface area contributed by atoms with Gasteiger partial charge in [-0.05, 0) is 17.7 Å². The molecular weight excluding hydrogens is 174 g/mol. The number of rotatable bonds is 3. The summed E-state index contributed by atoms with van der Waals surface area (Å²) >= 11 is 0. The molecule has 3 nitrogen and oxygen atoms in total. The van der Waals surface area contributed by atoms with E-state index < -0.39 is 0 Å². The van der Waals surface area contributed by atoms with Crippen LogP contribution in [0.15, 0.2) is 29.3 Å². The van der Waals surface area contributed by atoms with Crippen LogP contribution in [0.2, 0.25) is 0 Å². The summed E-state index contributed by atoms with van der Waals surface area (Å²) in [5.41, 5.74) is 2.45. The van der Waals surface area contributed by atoms with Crippen molar-refractivity contribution in [2.45, 2.75) is 6.42 Å². The maximum absolute atomic E-state index is 4.36. The number of anilines is 1. The van der Waals surface area contributed by atoms with Crippen LogP contribution >= 0.6 is 0 Å². The smallest absolute Gasteiger partial charge is 0.101 e. The predicted molar refractivity (Wildman–Crippen MR) is 60.0 cm³/mol. The average molecular weight is 189 g/mol. The van der Waals surface area contributed by atoms with Crippen LogP contribution in [0.5, 0.6) is 0 Å². The lowest BCUT2D eigenvalue weighted by Gasteiger charge is -2.04. The molecule has 0 fully saturated rings. The fourth-order valence-corrected chi connectivity index (χ4v) is 1.55. The number of hydrogen-bond acceptors (Lipinski definition) is 3. The summed E-state index contributed by atoms with van der Waals surface area (Å²) in [6.45, 7) is 1.91. The Morgan fingerprint density at radius 2 is 2.14 bits per heavy atom. The Morgan fingerprint density at radius 1 is 1.36 bits per heavy atom. The van der Waals surface area contributed by atoms with Gasteiger partial charge in [-0.25, -0.2) is 0 Å². The summed E-state index contributed by atoms with van der Waals surface area (Å²) in [7, 11) is 1.93. The van der Waals surface area contributed by atoms with E-state index in [1.165, 1.54) is 5.56 Å². The second-order valence-corrected chi connectivity index (χ2v) is 3.38. The van der Waals surface area contributed by atoms with E-state index in [-0.39, 0.29) is 0 Å². The van der Waals surface area contributed by atoms with Gasteiger partial charge in [0, 0.05) is 25.7 Å². The topological polar surface area (TPSA) is 36.4 Å². The molecule has 0 amide bonds. The average Bonchev–Trinajstić information content (AvgIpc) is 2.72. The van der Waals surface area contributed by atoms with Gasteiger partial charge in [-0.2, -0.15) is 0 Å². The van der Waals surface area contributed by atoms with Crippen molar-refractivity contribution in [3.05, 3.63) is 29.8 Å². The summed E-state index contributed by atoms with van der Waals surface area (Å²) in [6.07, 6.45) is 0.921. The molecule has 1 heterocycles. The van der Waals surface area contributed by atoms with Gasteiger partial charge in [0.1, 0.15) is 5.84 Å². The predicted octanol–water partition coefficient (Wildman–Crippen LogP) is 1.27. The van der Waals surface area contributed by atoms with Crippen molar-refractivity contribution in [1.82, 2.24) is 5.32 Å². The standard InChI is InChI=1S/C11H15N3/c1-12-10-4-2-9(3-5-10)8-11-13-6-7-14-11/h2-5,12H,6-8H2,1H3,(H,13,14). The zero-order chi connectivity index (χ0) is 9.80. The molecule has 0 atom stereocenters. The van der Waals surface area contributed by atoms with E-state index in [9.17, 15) is 0 Å². The van der Waals surface area contributed by atoms with Crippen LogP contribution in [0.1, 0.15) is 5.56 Å². The lowest BCUT2D eigenvalue weighted by Crippen LogP contribution is -2.20. The fraction of sp³-hybridized carbons (Fsp3) is 0.364. The minimum absolute atomic E-state index is 0.921. The number of aliphatic imine (C=N–C) groups is 1. The van der Waals surface area contributed by atoms with Gasteiger partial charge in [0.05, 0.1) is 6.54 Å². The molecule has 0 aliphatic carbocycles. The molecule has 1 aliphatic heterocycles. The van der Waals surface area contributed by atoms with Gasteiger partial charge in [-0.3, -0.25) is 4.99 Å². The van der Waals surface area contributed by atoms with Gasteiger partial charge >= 0.3 is 0 Å². The van der Waals surface area contributed by atoms with Crippen LogP contribution < -0.4 is 10.6 Å². The molecule has 0 bridgehead atoms. The van der Waals surface area contributed by atoms with Gasteiger partial charge in [0.2, 0.25) is 0 Å². The van der Waals surface area contributed by atoms with Crippen LogP contribution in [-0.4, -0.2) is 26.0 Å². The highest BCUT2D eigenvalue weighted by atomic mass is 15.1. The van der Waals surface area contributed by atoms with Gasteiger partial charge in [-0.15, -0.1) is 0 Å². The van der Waals surface area contributed by atoms with Crippen molar-refractivity contribution in [1.29, 1.82) is 0 Å². The molecule has 0 spiro atoms. The molecule has 0 unspecified atom stereocenters. The van der Waals surface area contributed by atoms with Crippen LogP contribution in [-0.2, 0) is 6.42 Å². The van der Waals surface area contributed by atoms with Crippen molar-refractivity contribution in [2.24, 2.45) is 4.99 Å². The second kappa shape index (κ2) is 4.13. The summed E-state index contributed by atoms with van der Waals surface area (Å²) in [5, 5.41) is 6.37. The fourth-order valence-electron chi connectivity index (χ4n) is 1.55. The Labute approximate surface area is 84.2 Å². The zero-order valence-electron chi connectivity index (χ0n) is 8.38. The molecular formula is C11H15N3. The Hall–Kier alpha value is -1.51. The lowest BCUT2D eigenvalue weighted by molar-refractivity contribution is 0.953. The summed E-state index contributed by atoms with van der Waals surface area (Å²) in [5.74, 6) is 1.11. The highest BCUT2D eigenvalue weighted by molar-refractivity contribution is 5.85. The Balaban J connectivity index is 2.02. The number of benzene rings is 1. The molecule has 1 aromatic carbocycles. The molecule has 1 aromatic rings. The molecule has 3 heteroatoms. The summed E-state index contributed by atoms with van der Waals surface area (Å²) in [6, 6.07) is 8.44. The van der Waals surface area contributed by atoms with Gasteiger partial charge in [0.15, 0.2) is 0 Å². The minimum atomic E-state index is 0.921. The molecule has 0 saturated carbocycles. The quantitative estimate of drug-likeness (QED) is 0.751. The van der Waals surface area contributed by atoms with Gasteiger partial charge in [-0.1, -0.05) is 12.1 Å². The van der Waals surface area contributed by atoms with Crippen LogP contribution in [0, 0.1) is 0 Å². The Morgan fingerprint density at radius 3 is 2.71 bits per heavy atom. The molecule has 74 valence electrons. The van der Waals surface area contributed by atoms with Crippen LogP contribution in [0.4, 0.5) is 5.69 Å². The van der Waals surface area contributed by atoms with Crippen molar-refractivity contribution < 1.29 is 0 Å². The number of hydrogen-bond donors (Lipinski definition) is 2. The van der Waals surface area contributed by atoms with Crippen molar-refractivity contribution in [3.63, 3.8) is 0 Å². The van der Waals surface area contributed by atoms with Crippen molar-refractivity contribution in [3.8, 4) is 0 Å². The first-order chi connectivity index (χ1) is 6.88. The molecule has 0 aromatic heterocycles. The maximum atomic E-state index is 4.36. The molecule has 14 heavy (non-hydrogen) atoms. The molecule has 0 saturated heterocycles. The largest absolute Gasteiger partial charge is 0.388 e. The third-order valence-corrected chi connectivity index (χ3v) is 2.36. The van der Waals surface area contributed by atoms with E-state index in [2.05, 4.69) is 39.9 Å². The highest BCUT2D eigenvalue weighted by Gasteiger charge is 2.05. The summed E-state index contributed by atoms with van der Waals surface area (Å²) < 4.78 is 0. The second-order valence-electron chi connectivity index (χ2n) is 3.38. The third-order valence-electron chi connectivity index (χ3n) is 2.36. The number of amidine groups is 1. The van der Waals surface area contributed by atoms with E-state index in [0.717, 1.165) is 31.0 Å². The SMILES string of the molecule is CNc1ccc(CC2=NCCN2)cc1. The van der Waals surface area contributed by atoms with Crippen LogP contribution in [0.25, 0.3) is 0 Å². The molecule has 2 rings (SSSR count). The van der Waals surface area contributed by atoms with E-state index >= 15 is 0 Å². The van der Waals surface area contributed by atoms with Crippen molar-refractivity contribution >= 4 is 11.5 Å². The van der Waals surface area contributed by atoms with Gasteiger partial charge < -0.3 is 10.6 Å². The maximum Gasteiger partial charge on any atom is 0.101 e. The number of nitrogens with one attached hydrogen (secondary N) is 2. The Kier molecular flexibility index (Phi) is 2.68. The first-order valence-corrected chi connectivity index (χ1v) is 4.92. The van der Waals surface area contributed by atoms with E-state index in [4.69, 9.17) is 0 Å². The molecule has 2 N–H and O–H groups in total. The summed E-state index contributed by atoms with van der Waals surface area (Å²) in [4.78, 5) is 4.36. The number of nitrogens with zero attached hydrogens (tertiary/aromatic N) is 1. The third kappa shape index (κ3) is 2.05. The lowest BCUT2D eigenvalue weighted by atomic mass is 10.1. The first-order valence-electron chi connectivity index (χ1n) is 4.92. The van der Waals surface area contributed by atoms with Gasteiger partial charge in [0.25, 0.3) is 0 Å². The first kappa shape index (κ1) is 9.06. The monoisotopic (exact) mass is 189 g/mol. The zero-order valence-corrected chi connectivity index (χ0v) is 8.38. The Bertz CT molecular complexity index is 327.